The van der Waals surface area contributed by atoms with E-state index in [-0.39, 0.29) is 35.1 Å². The molecule has 3 aromatic rings. The number of allylic oxidation sites excluding steroid dienone is 1. The van der Waals surface area contributed by atoms with Crippen LogP contribution in [0.5, 0.6) is 0 Å². The number of nitriles is 2. The van der Waals surface area contributed by atoms with Gasteiger partial charge in [0.05, 0.1) is 40.0 Å². The molecule has 1 unspecified atom stereocenters. The van der Waals surface area contributed by atoms with Gasteiger partial charge < -0.3 is 15.2 Å². The van der Waals surface area contributed by atoms with Gasteiger partial charge in [-0.25, -0.2) is 9.78 Å². The molecule has 0 spiro atoms. The fraction of sp³-hybridized carbons (Fsp3) is 0.154. The minimum Gasteiger partial charge on any atom is -0.463 e. The van der Waals surface area contributed by atoms with E-state index in [1.165, 1.54) is 11.8 Å². The number of esters is 1. The van der Waals surface area contributed by atoms with Crippen LogP contribution in [0.3, 0.4) is 0 Å². The van der Waals surface area contributed by atoms with E-state index < -0.39 is 11.9 Å². The number of thiophene rings is 1. The number of thioether (sulfide) groups is 1. The summed E-state index contributed by atoms with van der Waals surface area (Å²) in [7, 11) is 0. The highest BCUT2D eigenvalue weighted by Gasteiger charge is 2.37. The van der Waals surface area contributed by atoms with Crippen LogP contribution in [-0.2, 0) is 14.3 Å². The molecule has 0 aliphatic carbocycles. The summed E-state index contributed by atoms with van der Waals surface area (Å²) in [5.74, 6) is -0.952. The van der Waals surface area contributed by atoms with Crippen LogP contribution in [0.4, 0.5) is 0 Å². The number of carbonyl (C=O) groups excluding carboxylic acids is 1. The number of nitrogens with zero attached hydrogens (tertiary/aromatic N) is 3. The smallest absolute Gasteiger partial charge is 0.338 e. The second kappa shape index (κ2) is 10.9. The van der Waals surface area contributed by atoms with Gasteiger partial charge in [-0.05, 0) is 36.1 Å². The largest absolute Gasteiger partial charge is 0.463 e. The number of ether oxygens (including phenoxy) is 2. The summed E-state index contributed by atoms with van der Waals surface area (Å²) >= 11 is 2.81. The first-order valence-electron chi connectivity index (χ1n) is 10.7. The van der Waals surface area contributed by atoms with Crippen molar-refractivity contribution in [2.75, 3.05) is 12.4 Å². The molecule has 7 nitrogen and oxygen atoms in total. The Bertz CT molecular complexity index is 1380. The number of aromatic nitrogens is 1. The summed E-state index contributed by atoms with van der Waals surface area (Å²) in [6.07, 6.45) is 0. The van der Waals surface area contributed by atoms with E-state index in [0.717, 1.165) is 16.1 Å². The van der Waals surface area contributed by atoms with Crippen LogP contribution in [0.1, 0.15) is 24.0 Å². The number of carbonyl (C=O) groups is 1. The van der Waals surface area contributed by atoms with Gasteiger partial charge in [0.1, 0.15) is 28.5 Å². The molecule has 1 aliphatic rings. The molecule has 0 saturated heterocycles. The van der Waals surface area contributed by atoms with Gasteiger partial charge in [0, 0.05) is 0 Å². The van der Waals surface area contributed by atoms with Gasteiger partial charge in [0.15, 0.2) is 0 Å². The minimum absolute atomic E-state index is 0.0641. The summed E-state index contributed by atoms with van der Waals surface area (Å²) in [6.45, 7) is 1.87. The van der Waals surface area contributed by atoms with E-state index in [0.29, 0.717) is 10.6 Å². The van der Waals surface area contributed by atoms with E-state index >= 15 is 0 Å². The summed E-state index contributed by atoms with van der Waals surface area (Å²) in [6, 6.07) is 20.8. The van der Waals surface area contributed by atoms with Crippen molar-refractivity contribution in [3.8, 4) is 22.7 Å². The van der Waals surface area contributed by atoms with Crippen molar-refractivity contribution >= 4 is 29.1 Å². The molecule has 0 fully saturated rings. The maximum atomic E-state index is 13.1. The van der Waals surface area contributed by atoms with E-state index in [1.54, 1.807) is 30.4 Å². The van der Waals surface area contributed by atoms with Gasteiger partial charge in [-0.3, -0.25) is 0 Å². The Morgan fingerprint density at radius 1 is 1.17 bits per heavy atom. The van der Waals surface area contributed by atoms with Crippen molar-refractivity contribution in [3.05, 3.63) is 93.9 Å². The zero-order chi connectivity index (χ0) is 24.8. The number of benzene rings is 1. The predicted octanol–water partition coefficient (Wildman–Crippen LogP) is 5.10. The van der Waals surface area contributed by atoms with E-state index in [1.807, 2.05) is 47.8 Å². The summed E-state index contributed by atoms with van der Waals surface area (Å²) in [5.41, 5.74) is 8.36. The van der Waals surface area contributed by atoms with Crippen molar-refractivity contribution < 1.29 is 14.3 Å². The molecule has 0 bridgehead atoms. The fourth-order valence-electron chi connectivity index (χ4n) is 3.67. The Morgan fingerprint density at radius 3 is 2.63 bits per heavy atom. The molecular formula is C26H20N4O3S2. The molecule has 35 heavy (non-hydrogen) atoms. The number of hydrogen-bond donors (Lipinski definition) is 1. The number of rotatable bonds is 7. The fourth-order valence-corrected chi connectivity index (χ4v) is 5.28. The first kappa shape index (κ1) is 24.1. The van der Waals surface area contributed by atoms with Crippen LogP contribution in [-0.4, -0.2) is 23.3 Å². The van der Waals surface area contributed by atoms with Crippen LogP contribution >= 0.6 is 23.1 Å². The highest BCUT2D eigenvalue weighted by Crippen LogP contribution is 2.41. The topological polar surface area (TPSA) is 122 Å². The average molecular weight is 501 g/mol. The first-order chi connectivity index (χ1) is 17.1. The second-order valence-corrected chi connectivity index (χ2v) is 9.23. The molecule has 2 N–H and O–H groups in total. The van der Waals surface area contributed by atoms with Gasteiger partial charge in [-0.15, -0.1) is 11.3 Å². The lowest BCUT2D eigenvalue weighted by molar-refractivity contribution is -0.139. The molecular weight excluding hydrogens is 480 g/mol. The molecule has 3 heterocycles. The number of hydrogen-bond acceptors (Lipinski definition) is 9. The molecule has 1 aliphatic heterocycles. The maximum Gasteiger partial charge on any atom is 0.338 e. The normalized spacial score (nSPS) is 15.2. The molecule has 4 rings (SSSR count). The predicted molar refractivity (Wildman–Crippen MR) is 134 cm³/mol. The monoisotopic (exact) mass is 500 g/mol. The second-order valence-electron chi connectivity index (χ2n) is 7.32. The SMILES string of the molecule is CCOC(=O)C1=C(CSc2nc(-c3cccs3)ccc2C#N)OC(N)=C(C#N)C1c1ccccc1. The lowest BCUT2D eigenvalue weighted by Gasteiger charge is -2.28. The van der Waals surface area contributed by atoms with Gasteiger partial charge in [0.25, 0.3) is 0 Å². The molecule has 0 amide bonds. The van der Waals surface area contributed by atoms with Crippen molar-refractivity contribution in [1.82, 2.24) is 4.98 Å². The summed E-state index contributed by atoms with van der Waals surface area (Å²) in [4.78, 5) is 18.7. The highest BCUT2D eigenvalue weighted by molar-refractivity contribution is 7.99. The number of nitrogens with two attached hydrogens (primary N) is 1. The molecule has 1 aromatic carbocycles. The third kappa shape index (κ3) is 5.07. The Balaban J connectivity index is 1.75. The summed E-state index contributed by atoms with van der Waals surface area (Å²) < 4.78 is 11.1. The average Bonchev–Trinajstić information content (AvgIpc) is 3.42. The van der Waals surface area contributed by atoms with Crippen molar-refractivity contribution in [3.63, 3.8) is 0 Å². The molecule has 174 valence electrons. The molecule has 9 heteroatoms. The van der Waals surface area contributed by atoms with Gasteiger partial charge >= 0.3 is 5.97 Å². The van der Waals surface area contributed by atoms with Gasteiger partial charge in [-0.2, -0.15) is 10.5 Å². The number of pyridine rings is 1. The van der Waals surface area contributed by atoms with E-state index in [9.17, 15) is 15.3 Å². The first-order valence-corrected chi connectivity index (χ1v) is 12.5. The Labute approximate surface area is 211 Å². The van der Waals surface area contributed by atoms with Crippen LogP contribution in [0.2, 0.25) is 0 Å². The van der Waals surface area contributed by atoms with Crippen LogP contribution in [0, 0.1) is 22.7 Å². The maximum absolute atomic E-state index is 13.1. The molecule has 0 radical (unpaired) electrons. The van der Waals surface area contributed by atoms with Gasteiger partial charge in [0.2, 0.25) is 5.88 Å². The van der Waals surface area contributed by atoms with Crippen LogP contribution in [0.15, 0.2) is 87.8 Å². The van der Waals surface area contributed by atoms with Crippen LogP contribution in [0.25, 0.3) is 10.6 Å². The van der Waals surface area contributed by atoms with Crippen molar-refractivity contribution in [2.24, 2.45) is 5.73 Å². The highest BCUT2D eigenvalue weighted by atomic mass is 32.2. The third-order valence-corrected chi connectivity index (χ3v) is 7.10. The Kier molecular flexibility index (Phi) is 7.51. The summed E-state index contributed by atoms with van der Waals surface area (Å²) in [5, 5.41) is 21.9. The quantitative estimate of drug-likeness (QED) is 0.351. The Morgan fingerprint density at radius 2 is 1.97 bits per heavy atom. The standard InChI is InChI=1S/C26H20N4O3S2/c1-2-32-26(31)23-20(33-24(29)18(14-28)22(23)16-7-4-3-5-8-16)15-35-25-17(13-27)10-11-19(30-25)21-9-6-12-34-21/h3-12,22H,2,15,29H2,1H3. The Hall–Kier alpha value is -4.05. The molecule has 0 saturated carbocycles. The zero-order valence-corrected chi connectivity index (χ0v) is 20.4. The third-order valence-electron chi connectivity index (χ3n) is 5.22. The van der Waals surface area contributed by atoms with Crippen molar-refractivity contribution in [2.45, 2.75) is 17.9 Å². The minimum atomic E-state index is -0.731. The molecule has 1 atom stereocenters. The van der Waals surface area contributed by atoms with E-state index in [2.05, 4.69) is 17.1 Å². The lowest BCUT2D eigenvalue weighted by Crippen LogP contribution is -2.27. The molecule has 2 aromatic heterocycles. The lowest BCUT2D eigenvalue weighted by atomic mass is 9.83. The van der Waals surface area contributed by atoms with Crippen LogP contribution < -0.4 is 5.73 Å². The van der Waals surface area contributed by atoms with Crippen molar-refractivity contribution in [1.29, 1.82) is 10.5 Å². The zero-order valence-electron chi connectivity index (χ0n) is 18.7. The van der Waals surface area contributed by atoms with E-state index in [4.69, 9.17) is 15.2 Å². The van der Waals surface area contributed by atoms with Gasteiger partial charge in [-0.1, -0.05) is 48.2 Å².